The third-order valence-corrected chi connectivity index (χ3v) is 5.26. The maximum atomic E-state index is 13.5. The molecular weight excluding hydrogens is 381 g/mol. The van der Waals surface area contributed by atoms with Crippen LogP contribution < -0.4 is 16.6 Å². The number of aromatic nitrogens is 2. The molecule has 1 aromatic heterocycles. The fourth-order valence-corrected chi connectivity index (χ4v) is 3.67. The van der Waals surface area contributed by atoms with E-state index in [0.717, 1.165) is 0 Å². The lowest BCUT2D eigenvalue weighted by molar-refractivity contribution is -0.121. The fraction of sp³-hybridized carbons (Fsp3) is 0.250. The maximum Gasteiger partial charge on any atom is 0.328 e. The van der Waals surface area contributed by atoms with Crippen molar-refractivity contribution in [3.63, 3.8) is 0 Å². The first-order valence-electron chi connectivity index (χ1n) is 8.86. The third-order valence-electron chi connectivity index (χ3n) is 4.25. The summed E-state index contributed by atoms with van der Waals surface area (Å²) in [5.41, 5.74) is 0.178. The molecule has 28 heavy (non-hydrogen) atoms. The third kappa shape index (κ3) is 4.89. The molecule has 146 valence electrons. The lowest BCUT2D eigenvalue weighted by atomic mass is 10.2. The topological polar surface area (TPSA) is 84.0 Å². The lowest BCUT2D eigenvalue weighted by Crippen LogP contribution is -2.33. The SMILES string of the molecule is O=C(CCn1c(=O)[nH]c(=O)c2ccccc21)NCCSCc1ccccc1F. The van der Waals surface area contributed by atoms with Crippen molar-refractivity contribution in [1.29, 1.82) is 0 Å². The van der Waals surface area contributed by atoms with E-state index in [4.69, 9.17) is 0 Å². The van der Waals surface area contributed by atoms with Gasteiger partial charge in [0.1, 0.15) is 5.82 Å². The first-order valence-corrected chi connectivity index (χ1v) is 10.0. The molecule has 0 aliphatic rings. The van der Waals surface area contributed by atoms with Gasteiger partial charge in [0.05, 0.1) is 10.9 Å². The molecule has 8 heteroatoms. The second kappa shape index (κ2) is 9.36. The molecule has 0 saturated heterocycles. The summed E-state index contributed by atoms with van der Waals surface area (Å²) in [5.74, 6) is 0.786. The highest BCUT2D eigenvalue weighted by molar-refractivity contribution is 7.98. The van der Waals surface area contributed by atoms with Gasteiger partial charge < -0.3 is 5.32 Å². The lowest BCUT2D eigenvalue weighted by Gasteiger charge is -2.10. The van der Waals surface area contributed by atoms with Crippen molar-refractivity contribution >= 4 is 28.6 Å². The van der Waals surface area contributed by atoms with Gasteiger partial charge in [0.15, 0.2) is 0 Å². The molecule has 0 atom stereocenters. The monoisotopic (exact) mass is 401 g/mol. The average Bonchev–Trinajstić information content (AvgIpc) is 2.69. The van der Waals surface area contributed by atoms with Crippen molar-refractivity contribution in [2.24, 2.45) is 0 Å². The first-order chi connectivity index (χ1) is 13.6. The first kappa shape index (κ1) is 19.9. The van der Waals surface area contributed by atoms with Gasteiger partial charge in [-0.1, -0.05) is 30.3 Å². The molecule has 6 nitrogen and oxygen atoms in total. The molecular formula is C20H20FN3O3S. The van der Waals surface area contributed by atoms with Gasteiger partial charge in [-0.2, -0.15) is 11.8 Å². The molecule has 2 N–H and O–H groups in total. The smallest absolute Gasteiger partial charge is 0.328 e. The quantitative estimate of drug-likeness (QED) is 0.567. The second-order valence-electron chi connectivity index (χ2n) is 6.17. The zero-order chi connectivity index (χ0) is 19.9. The number of benzene rings is 2. The van der Waals surface area contributed by atoms with Crippen LogP contribution in [0.2, 0.25) is 0 Å². The van der Waals surface area contributed by atoms with Gasteiger partial charge in [0.25, 0.3) is 5.56 Å². The molecule has 0 unspecified atom stereocenters. The highest BCUT2D eigenvalue weighted by Crippen LogP contribution is 2.14. The van der Waals surface area contributed by atoms with Gasteiger partial charge in [-0.15, -0.1) is 0 Å². The predicted octanol–water partition coefficient (Wildman–Crippen LogP) is 2.27. The van der Waals surface area contributed by atoms with Gasteiger partial charge in [-0.25, -0.2) is 9.18 Å². The van der Waals surface area contributed by atoms with E-state index in [1.165, 1.54) is 22.4 Å². The Hall–Kier alpha value is -2.87. The fourth-order valence-electron chi connectivity index (χ4n) is 2.83. The van der Waals surface area contributed by atoms with Crippen LogP contribution >= 0.6 is 11.8 Å². The molecule has 3 rings (SSSR count). The standard InChI is InChI=1S/C20H20FN3O3S/c21-16-7-3-1-5-14(16)13-28-12-10-22-18(25)9-11-24-17-8-4-2-6-15(17)19(26)23-20(24)27/h1-8H,9-13H2,(H,22,25)(H,23,26,27). The zero-order valence-electron chi connectivity index (χ0n) is 15.1. The zero-order valence-corrected chi connectivity index (χ0v) is 15.9. The molecule has 3 aromatic rings. The van der Waals surface area contributed by atoms with Gasteiger partial charge >= 0.3 is 5.69 Å². The largest absolute Gasteiger partial charge is 0.355 e. The molecule has 0 spiro atoms. The Morgan fingerprint density at radius 2 is 1.86 bits per heavy atom. The summed E-state index contributed by atoms with van der Waals surface area (Å²) < 4.78 is 14.9. The number of aromatic amines is 1. The molecule has 1 amide bonds. The number of nitrogens with one attached hydrogen (secondary N) is 2. The Labute approximate surface area is 164 Å². The van der Waals surface area contributed by atoms with E-state index in [1.54, 1.807) is 42.5 Å². The number of nitrogens with zero attached hydrogens (tertiary/aromatic N) is 1. The highest BCUT2D eigenvalue weighted by atomic mass is 32.2. The van der Waals surface area contributed by atoms with Crippen molar-refractivity contribution < 1.29 is 9.18 Å². The minimum atomic E-state index is -0.531. The number of H-pyrrole nitrogens is 1. The molecule has 0 fully saturated rings. The van der Waals surface area contributed by atoms with E-state index < -0.39 is 11.2 Å². The molecule has 1 heterocycles. The second-order valence-corrected chi connectivity index (χ2v) is 7.28. The molecule has 0 saturated carbocycles. The number of aryl methyl sites for hydroxylation is 1. The minimum absolute atomic E-state index is 0.119. The van der Waals surface area contributed by atoms with E-state index in [2.05, 4.69) is 10.3 Å². The van der Waals surface area contributed by atoms with Crippen molar-refractivity contribution in [2.75, 3.05) is 12.3 Å². The van der Waals surface area contributed by atoms with Crippen LogP contribution in [0.1, 0.15) is 12.0 Å². The van der Waals surface area contributed by atoms with Crippen LogP contribution in [0.5, 0.6) is 0 Å². The van der Waals surface area contributed by atoms with Gasteiger partial charge in [-0.05, 0) is 23.8 Å². The predicted molar refractivity (Wildman–Crippen MR) is 109 cm³/mol. The van der Waals surface area contributed by atoms with Crippen molar-refractivity contribution in [1.82, 2.24) is 14.9 Å². The molecule has 0 aliphatic carbocycles. The Bertz CT molecular complexity index is 1090. The van der Waals surface area contributed by atoms with Crippen LogP contribution in [0.4, 0.5) is 4.39 Å². The number of thioether (sulfide) groups is 1. The number of carbonyl (C=O) groups is 1. The highest BCUT2D eigenvalue weighted by Gasteiger charge is 2.09. The minimum Gasteiger partial charge on any atom is -0.355 e. The van der Waals surface area contributed by atoms with E-state index in [0.29, 0.717) is 34.5 Å². The molecule has 0 radical (unpaired) electrons. The number of para-hydroxylation sites is 1. The summed E-state index contributed by atoms with van der Waals surface area (Å²) in [6.07, 6.45) is 0.119. The van der Waals surface area contributed by atoms with Crippen LogP contribution in [0.3, 0.4) is 0 Å². The number of fused-ring (bicyclic) bond motifs is 1. The van der Waals surface area contributed by atoms with Gasteiger partial charge in [-0.3, -0.25) is 19.1 Å². The van der Waals surface area contributed by atoms with E-state index in [-0.39, 0.29) is 24.7 Å². The molecule has 0 aliphatic heterocycles. The Morgan fingerprint density at radius 3 is 2.68 bits per heavy atom. The number of halogens is 1. The Balaban J connectivity index is 1.48. The number of carbonyl (C=O) groups excluding carboxylic acids is 1. The van der Waals surface area contributed by atoms with Gasteiger partial charge in [0, 0.05) is 31.0 Å². The number of hydrogen-bond donors (Lipinski definition) is 2. The Morgan fingerprint density at radius 1 is 1.11 bits per heavy atom. The summed E-state index contributed by atoms with van der Waals surface area (Å²) in [4.78, 5) is 38.2. The average molecular weight is 401 g/mol. The van der Waals surface area contributed by atoms with Crippen molar-refractivity contribution in [2.45, 2.75) is 18.7 Å². The van der Waals surface area contributed by atoms with Crippen LogP contribution in [0.15, 0.2) is 58.1 Å². The molecule has 2 aromatic carbocycles. The normalized spacial score (nSPS) is 10.9. The Kier molecular flexibility index (Phi) is 6.65. The number of rotatable bonds is 8. The maximum absolute atomic E-state index is 13.5. The summed E-state index contributed by atoms with van der Waals surface area (Å²) in [7, 11) is 0. The summed E-state index contributed by atoms with van der Waals surface area (Å²) >= 11 is 1.53. The van der Waals surface area contributed by atoms with Crippen molar-refractivity contribution in [3.05, 3.63) is 80.7 Å². The number of hydrogen-bond acceptors (Lipinski definition) is 4. The van der Waals surface area contributed by atoms with Crippen LogP contribution in [-0.2, 0) is 17.1 Å². The van der Waals surface area contributed by atoms with E-state index >= 15 is 0 Å². The van der Waals surface area contributed by atoms with Crippen molar-refractivity contribution in [3.8, 4) is 0 Å². The van der Waals surface area contributed by atoms with Gasteiger partial charge in [0.2, 0.25) is 5.91 Å². The van der Waals surface area contributed by atoms with Crippen LogP contribution in [0.25, 0.3) is 10.9 Å². The number of amides is 1. The van der Waals surface area contributed by atoms with E-state index in [9.17, 15) is 18.8 Å². The van der Waals surface area contributed by atoms with Crippen LogP contribution in [0, 0.1) is 5.82 Å². The summed E-state index contributed by atoms with van der Waals surface area (Å²) in [6.45, 7) is 0.629. The molecule has 0 bridgehead atoms. The van der Waals surface area contributed by atoms with E-state index in [1.807, 2.05) is 0 Å². The summed E-state index contributed by atoms with van der Waals surface area (Å²) in [6, 6.07) is 13.4. The summed E-state index contributed by atoms with van der Waals surface area (Å²) in [5, 5.41) is 3.20. The van der Waals surface area contributed by atoms with Crippen LogP contribution in [-0.4, -0.2) is 27.8 Å².